The Morgan fingerprint density at radius 3 is 2.21 bits per heavy atom. The standard InChI is InChI=1S/C12H21NSi/c1-14(2,3)12(10-13)9-11-7-5-4-6-8-11/h9,11H,4-8H2,1-3H3/b12-9+. The van der Waals surface area contributed by atoms with Gasteiger partial charge in [0.05, 0.1) is 14.1 Å². The molecule has 1 rings (SSSR count). The van der Waals surface area contributed by atoms with Crippen LogP contribution in [0.4, 0.5) is 0 Å². The topological polar surface area (TPSA) is 23.8 Å². The van der Waals surface area contributed by atoms with E-state index in [1.54, 1.807) is 0 Å². The minimum Gasteiger partial charge on any atom is -0.193 e. The van der Waals surface area contributed by atoms with Crippen molar-refractivity contribution in [3.05, 3.63) is 11.3 Å². The van der Waals surface area contributed by atoms with E-state index in [1.165, 1.54) is 32.1 Å². The predicted molar refractivity (Wildman–Crippen MR) is 63.6 cm³/mol. The molecular formula is C12H21NSi. The summed E-state index contributed by atoms with van der Waals surface area (Å²) in [5.41, 5.74) is 0. The van der Waals surface area contributed by atoms with Crippen LogP contribution in [-0.2, 0) is 0 Å². The zero-order chi connectivity index (χ0) is 10.6. The SMILES string of the molecule is C[Si](C)(C)/C(C#N)=C/C1CCCCC1. The minimum atomic E-state index is -1.37. The normalized spacial score (nSPS) is 20.6. The fraction of sp³-hybridized carbons (Fsp3) is 0.750. The Labute approximate surface area is 88.8 Å². The van der Waals surface area contributed by atoms with Crippen molar-refractivity contribution < 1.29 is 0 Å². The lowest BCUT2D eigenvalue weighted by Gasteiger charge is -2.21. The van der Waals surface area contributed by atoms with Gasteiger partial charge < -0.3 is 0 Å². The molecule has 0 aromatic rings. The van der Waals surface area contributed by atoms with Gasteiger partial charge in [-0.2, -0.15) is 5.26 Å². The average Bonchev–Trinajstić information content (AvgIpc) is 2.14. The average molecular weight is 207 g/mol. The molecule has 1 saturated carbocycles. The Hall–Kier alpha value is -0.553. The molecule has 0 radical (unpaired) electrons. The van der Waals surface area contributed by atoms with E-state index in [0.717, 1.165) is 5.20 Å². The third kappa shape index (κ3) is 3.30. The maximum Gasteiger partial charge on any atom is 0.0907 e. The van der Waals surface area contributed by atoms with Crippen molar-refractivity contribution in [2.45, 2.75) is 51.7 Å². The van der Waals surface area contributed by atoms with Crippen LogP contribution in [0.25, 0.3) is 0 Å². The first-order valence-corrected chi connectivity index (χ1v) is 9.16. The molecule has 1 aliphatic rings. The van der Waals surface area contributed by atoms with Gasteiger partial charge in [0.1, 0.15) is 0 Å². The van der Waals surface area contributed by atoms with Crippen molar-refractivity contribution in [1.29, 1.82) is 5.26 Å². The lowest BCUT2D eigenvalue weighted by atomic mass is 9.89. The number of nitrogens with zero attached hydrogens (tertiary/aromatic N) is 1. The summed E-state index contributed by atoms with van der Waals surface area (Å²) in [4.78, 5) is 0. The smallest absolute Gasteiger partial charge is 0.0907 e. The van der Waals surface area contributed by atoms with Gasteiger partial charge in [-0.15, -0.1) is 0 Å². The van der Waals surface area contributed by atoms with Gasteiger partial charge in [-0.3, -0.25) is 0 Å². The van der Waals surface area contributed by atoms with Crippen molar-refractivity contribution in [3.8, 4) is 6.07 Å². The number of rotatable bonds is 2. The molecule has 0 saturated heterocycles. The van der Waals surface area contributed by atoms with Crippen LogP contribution in [-0.4, -0.2) is 8.07 Å². The number of hydrogen-bond acceptors (Lipinski definition) is 1. The van der Waals surface area contributed by atoms with Gasteiger partial charge in [0.25, 0.3) is 0 Å². The summed E-state index contributed by atoms with van der Waals surface area (Å²) in [6.07, 6.45) is 8.98. The van der Waals surface area contributed by atoms with Gasteiger partial charge in [-0.1, -0.05) is 45.0 Å². The van der Waals surface area contributed by atoms with Crippen molar-refractivity contribution in [2.24, 2.45) is 5.92 Å². The summed E-state index contributed by atoms with van der Waals surface area (Å²) in [5.74, 6) is 0.699. The molecule has 0 amide bonds. The zero-order valence-electron chi connectivity index (χ0n) is 9.64. The second-order valence-electron chi connectivity index (χ2n) is 5.34. The quantitative estimate of drug-likeness (QED) is 0.498. The van der Waals surface area contributed by atoms with Crippen LogP contribution in [0.15, 0.2) is 11.3 Å². The Balaban J connectivity index is 2.68. The first kappa shape index (κ1) is 11.5. The van der Waals surface area contributed by atoms with E-state index >= 15 is 0 Å². The van der Waals surface area contributed by atoms with E-state index in [0.29, 0.717) is 5.92 Å². The molecule has 1 aliphatic carbocycles. The lowest BCUT2D eigenvalue weighted by Crippen LogP contribution is -2.24. The van der Waals surface area contributed by atoms with E-state index < -0.39 is 8.07 Å². The highest BCUT2D eigenvalue weighted by molar-refractivity contribution is 6.84. The van der Waals surface area contributed by atoms with E-state index in [1.807, 2.05) is 0 Å². The Kier molecular flexibility index (Phi) is 3.94. The number of nitriles is 1. The summed E-state index contributed by atoms with van der Waals surface area (Å²) in [7, 11) is -1.37. The fourth-order valence-electron chi connectivity index (χ4n) is 1.99. The molecule has 14 heavy (non-hydrogen) atoms. The molecule has 0 unspecified atom stereocenters. The molecule has 0 aromatic heterocycles. The molecule has 0 atom stereocenters. The second kappa shape index (κ2) is 4.79. The first-order valence-electron chi connectivity index (χ1n) is 5.66. The van der Waals surface area contributed by atoms with Crippen LogP contribution in [0.2, 0.25) is 19.6 Å². The Morgan fingerprint density at radius 1 is 1.21 bits per heavy atom. The molecule has 2 heteroatoms. The van der Waals surface area contributed by atoms with Crippen molar-refractivity contribution in [2.75, 3.05) is 0 Å². The summed E-state index contributed by atoms with van der Waals surface area (Å²) in [5, 5.41) is 10.2. The molecule has 0 aromatic carbocycles. The van der Waals surface area contributed by atoms with Gasteiger partial charge >= 0.3 is 0 Å². The van der Waals surface area contributed by atoms with Crippen molar-refractivity contribution >= 4 is 8.07 Å². The van der Waals surface area contributed by atoms with Crippen LogP contribution in [0.5, 0.6) is 0 Å². The molecule has 0 bridgehead atoms. The van der Waals surface area contributed by atoms with Crippen LogP contribution in [0, 0.1) is 17.2 Å². The molecular weight excluding hydrogens is 186 g/mol. The second-order valence-corrected chi connectivity index (χ2v) is 10.4. The van der Waals surface area contributed by atoms with Gasteiger partial charge in [-0.05, 0) is 18.8 Å². The highest BCUT2D eigenvalue weighted by atomic mass is 28.3. The zero-order valence-corrected chi connectivity index (χ0v) is 10.6. The Morgan fingerprint density at radius 2 is 1.79 bits per heavy atom. The van der Waals surface area contributed by atoms with E-state index in [2.05, 4.69) is 31.8 Å². The van der Waals surface area contributed by atoms with Crippen LogP contribution < -0.4 is 0 Å². The minimum absolute atomic E-state index is 0.699. The largest absolute Gasteiger partial charge is 0.193 e. The summed E-state index contributed by atoms with van der Waals surface area (Å²) >= 11 is 0. The summed E-state index contributed by atoms with van der Waals surface area (Å²) in [6.45, 7) is 6.76. The maximum atomic E-state index is 9.11. The molecule has 0 aliphatic heterocycles. The molecule has 0 N–H and O–H groups in total. The predicted octanol–water partition coefficient (Wildman–Crippen LogP) is 3.89. The molecule has 0 spiro atoms. The first-order chi connectivity index (χ1) is 6.54. The number of hydrogen-bond donors (Lipinski definition) is 0. The van der Waals surface area contributed by atoms with Crippen LogP contribution >= 0.6 is 0 Å². The maximum absolute atomic E-state index is 9.11. The summed E-state index contributed by atoms with van der Waals surface area (Å²) < 4.78 is 0. The molecule has 1 fully saturated rings. The highest BCUT2D eigenvalue weighted by Gasteiger charge is 2.21. The van der Waals surface area contributed by atoms with Gasteiger partial charge in [0.15, 0.2) is 0 Å². The van der Waals surface area contributed by atoms with Gasteiger partial charge in [0.2, 0.25) is 0 Å². The van der Waals surface area contributed by atoms with E-state index in [4.69, 9.17) is 5.26 Å². The van der Waals surface area contributed by atoms with Gasteiger partial charge in [-0.25, -0.2) is 0 Å². The van der Waals surface area contributed by atoms with Crippen molar-refractivity contribution in [1.82, 2.24) is 0 Å². The highest BCUT2D eigenvalue weighted by Crippen LogP contribution is 2.27. The molecule has 1 nitrogen and oxygen atoms in total. The van der Waals surface area contributed by atoms with Crippen LogP contribution in [0.1, 0.15) is 32.1 Å². The van der Waals surface area contributed by atoms with Crippen LogP contribution in [0.3, 0.4) is 0 Å². The van der Waals surface area contributed by atoms with Gasteiger partial charge in [0, 0.05) is 5.20 Å². The van der Waals surface area contributed by atoms with Crippen molar-refractivity contribution in [3.63, 3.8) is 0 Å². The third-order valence-electron chi connectivity index (χ3n) is 2.98. The molecule has 78 valence electrons. The fourth-order valence-corrected chi connectivity index (χ4v) is 3.06. The Bertz CT molecular complexity index is 248. The number of allylic oxidation sites excluding steroid dienone is 2. The molecule has 0 heterocycles. The monoisotopic (exact) mass is 207 g/mol. The van der Waals surface area contributed by atoms with E-state index in [9.17, 15) is 0 Å². The summed E-state index contributed by atoms with van der Waals surface area (Å²) in [6, 6.07) is 2.41. The van der Waals surface area contributed by atoms with E-state index in [-0.39, 0.29) is 0 Å². The lowest BCUT2D eigenvalue weighted by molar-refractivity contribution is 0.419. The third-order valence-corrected chi connectivity index (χ3v) is 4.88.